The molecule has 0 saturated carbocycles. The predicted molar refractivity (Wildman–Crippen MR) is 68.3 cm³/mol. The van der Waals surface area contributed by atoms with Crippen molar-refractivity contribution in [1.82, 2.24) is 0 Å². The van der Waals surface area contributed by atoms with Crippen molar-refractivity contribution < 1.29 is 26.0 Å². The standard InChI is InChI=1S/C13H9F4NO2S/c1-7-2-3-8(14)4-12(7)21(19,20)18-9-5-10(15)13(17)11(16)6-9/h2-6,18H,1H3. The lowest BCUT2D eigenvalue weighted by Crippen LogP contribution is -2.15. The summed E-state index contributed by atoms with van der Waals surface area (Å²) >= 11 is 0. The van der Waals surface area contributed by atoms with Crippen LogP contribution in [-0.2, 0) is 10.0 Å². The molecule has 0 amide bonds. The number of sulfonamides is 1. The topological polar surface area (TPSA) is 46.2 Å². The van der Waals surface area contributed by atoms with E-state index in [1.807, 2.05) is 4.72 Å². The second-order valence-electron chi connectivity index (χ2n) is 4.27. The Morgan fingerprint density at radius 3 is 2.10 bits per heavy atom. The molecule has 0 radical (unpaired) electrons. The Kier molecular flexibility index (Phi) is 3.91. The smallest absolute Gasteiger partial charge is 0.262 e. The molecule has 0 atom stereocenters. The number of anilines is 1. The Labute approximate surface area is 118 Å². The SMILES string of the molecule is Cc1ccc(F)cc1S(=O)(=O)Nc1cc(F)c(F)c(F)c1. The van der Waals surface area contributed by atoms with E-state index in [-0.39, 0.29) is 10.5 Å². The molecular weight excluding hydrogens is 310 g/mol. The first-order chi connectivity index (χ1) is 9.70. The highest BCUT2D eigenvalue weighted by molar-refractivity contribution is 7.92. The summed E-state index contributed by atoms with van der Waals surface area (Å²) < 4.78 is 78.0. The van der Waals surface area contributed by atoms with Gasteiger partial charge in [0.25, 0.3) is 10.0 Å². The van der Waals surface area contributed by atoms with E-state index in [4.69, 9.17) is 0 Å². The van der Waals surface area contributed by atoms with Gasteiger partial charge in [0, 0.05) is 12.1 Å². The normalized spacial score (nSPS) is 11.5. The molecule has 0 aromatic heterocycles. The molecule has 0 spiro atoms. The molecule has 0 fully saturated rings. The molecule has 0 heterocycles. The van der Waals surface area contributed by atoms with Crippen LogP contribution < -0.4 is 4.72 Å². The van der Waals surface area contributed by atoms with Crippen LogP contribution in [-0.4, -0.2) is 8.42 Å². The van der Waals surface area contributed by atoms with Gasteiger partial charge in [0.1, 0.15) is 5.82 Å². The molecule has 0 aliphatic heterocycles. The third kappa shape index (κ3) is 3.15. The Hall–Kier alpha value is -2.09. The Balaban J connectivity index is 2.45. The molecule has 8 heteroatoms. The van der Waals surface area contributed by atoms with Gasteiger partial charge in [0.15, 0.2) is 17.5 Å². The van der Waals surface area contributed by atoms with Crippen molar-refractivity contribution in [3.8, 4) is 0 Å². The molecule has 2 aromatic rings. The molecule has 0 unspecified atom stereocenters. The van der Waals surface area contributed by atoms with Crippen LogP contribution in [0.2, 0.25) is 0 Å². The number of nitrogens with one attached hydrogen (secondary N) is 1. The molecule has 21 heavy (non-hydrogen) atoms. The van der Waals surface area contributed by atoms with Crippen molar-refractivity contribution in [2.24, 2.45) is 0 Å². The van der Waals surface area contributed by atoms with Crippen molar-refractivity contribution in [2.45, 2.75) is 11.8 Å². The largest absolute Gasteiger partial charge is 0.279 e. The van der Waals surface area contributed by atoms with Crippen LogP contribution in [0.1, 0.15) is 5.56 Å². The Morgan fingerprint density at radius 2 is 1.52 bits per heavy atom. The number of hydrogen-bond acceptors (Lipinski definition) is 2. The van der Waals surface area contributed by atoms with Gasteiger partial charge in [0.2, 0.25) is 0 Å². The molecule has 0 aliphatic carbocycles. The van der Waals surface area contributed by atoms with E-state index in [9.17, 15) is 26.0 Å². The fraction of sp³-hybridized carbons (Fsp3) is 0.0769. The lowest BCUT2D eigenvalue weighted by Gasteiger charge is -2.11. The van der Waals surface area contributed by atoms with Crippen LogP contribution in [0, 0.1) is 30.2 Å². The van der Waals surface area contributed by atoms with E-state index in [2.05, 4.69) is 0 Å². The van der Waals surface area contributed by atoms with Gasteiger partial charge in [-0.15, -0.1) is 0 Å². The van der Waals surface area contributed by atoms with Gasteiger partial charge in [-0.25, -0.2) is 26.0 Å². The fourth-order valence-electron chi connectivity index (χ4n) is 1.69. The number of rotatable bonds is 3. The van der Waals surface area contributed by atoms with Crippen molar-refractivity contribution in [1.29, 1.82) is 0 Å². The van der Waals surface area contributed by atoms with E-state index >= 15 is 0 Å². The zero-order valence-electron chi connectivity index (χ0n) is 10.6. The maximum absolute atomic E-state index is 13.1. The van der Waals surface area contributed by atoms with Crippen LogP contribution in [0.25, 0.3) is 0 Å². The number of hydrogen-bond donors (Lipinski definition) is 1. The van der Waals surface area contributed by atoms with Crippen molar-refractivity contribution in [3.05, 3.63) is 59.2 Å². The van der Waals surface area contributed by atoms with Gasteiger partial charge in [-0.2, -0.15) is 0 Å². The van der Waals surface area contributed by atoms with Crippen molar-refractivity contribution >= 4 is 15.7 Å². The highest BCUT2D eigenvalue weighted by Gasteiger charge is 2.20. The van der Waals surface area contributed by atoms with E-state index in [0.717, 1.165) is 12.1 Å². The summed E-state index contributed by atoms with van der Waals surface area (Å²) in [7, 11) is -4.26. The quantitative estimate of drug-likeness (QED) is 0.696. The van der Waals surface area contributed by atoms with E-state index in [1.165, 1.54) is 13.0 Å². The first-order valence-corrected chi connectivity index (χ1v) is 7.12. The highest BCUT2D eigenvalue weighted by Crippen LogP contribution is 2.23. The summed E-state index contributed by atoms with van der Waals surface area (Å²) in [5.74, 6) is -5.57. The summed E-state index contributed by atoms with van der Waals surface area (Å²) in [6.45, 7) is 1.43. The van der Waals surface area contributed by atoms with Crippen molar-refractivity contribution in [3.63, 3.8) is 0 Å². The summed E-state index contributed by atoms with van der Waals surface area (Å²) in [5.41, 5.74) is -0.262. The van der Waals surface area contributed by atoms with Gasteiger partial charge in [-0.05, 0) is 24.6 Å². The maximum Gasteiger partial charge on any atom is 0.262 e. The van der Waals surface area contributed by atoms with E-state index < -0.39 is 39.0 Å². The van der Waals surface area contributed by atoms with Crippen LogP contribution in [0.4, 0.5) is 23.2 Å². The lowest BCUT2D eigenvalue weighted by molar-refractivity contribution is 0.448. The first kappa shape index (κ1) is 15.3. The van der Waals surface area contributed by atoms with Gasteiger partial charge < -0.3 is 0 Å². The highest BCUT2D eigenvalue weighted by atomic mass is 32.2. The molecular formula is C13H9F4NO2S. The number of halogens is 4. The third-order valence-corrected chi connectivity index (χ3v) is 4.20. The molecule has 2 rings (SSSR count). The molecule has 112 valence electrons. The summed E-state index contributed by atoms with van der Waals surface area (Å²) in [6, 6.07) is 4.07. The van der Waals surface area contributed by atoms with E-state index in [1.54, 1.807) is 0 Å². The van der Waals surface area contributed by atoms with E-state index in [0.29, 0.717) is 12.1 Å². The minimum Gasteiger partial charge on any atom is -0.279 e. The monoisotopic (exact) mass is 319 g/mol. The van der Waals surface area contributed by atoms with Crippen LogP contribution in [0.15, 0.2) is 35.2 Å². The number of benzene rings is 2. The summed E-state index contributed by atoms with van der Waals surface area (Å²) in [5, 5.41) is 0. The van der Waals surface area contributed by atoms with Gasteiger partial charge in [-0.3, -0.25) is 4.72 Å². The first-order valence-electron chi connectivity index (χ1n) is 5.64. The molecule has 1 N–H and O–H groups in total. The van der Waals surface area contributed by atoms with Crippen molar-refractivity contribution in [2.75, 3.05) is 4.72 Å². The van der Waals surface area contributed by atoms with Gasteiger partial charge in [0.05, 0.1) is 10.6 Å². The van der Waals surface area contributed by atoms with Gasteiger partial charge >= 0.3 is 0 Å². The molecule has 2 aromatic carbocycles. The second kappa shape index (κ2) is 5.36. The van der Waals surface area contributed by atoms with Crippen LogP contribution in [0.3, 0.4) is 0 Å². The molecule has 3 nitrogen and oxygen atoms in total. The Morgan fingerprint density at radius 1 is 0.952 bits per heavy atom. The minimum atomic E-state index is -4.26. The van der Waals surface area contributed by atoms with Gasteiger partial charge in [-0.1, -0.05) is 6.07 Å². The van der Waals surface area contributed by atoms with Crippen LogP contribution in [0.5, 0.6) is 0 Å². The summed E-state index contributed by atoms with van der Waals surface area (Å²) in [6.07, 6.45) is 0. The lowest BCUT2D eigenvalue weighted by atomic mass is 10.2. The molecule has 0 saturated heterocycles. The minimum absolute atomic E-state index is 0.243. The average Bonchev–Trinajstić information content (AvgIpc) is 2.38. The zero-order valence-corrected chi connectivity index (χ0v) is 11.4. The van der Waals surface area contributed by atoms with Crippen LogP contribution >= 0.6 is 0 Å². The molecule has 0 aliphatic rings. The zero-order chi connectivity index (χ0) is 15.8. The fourth-order valence-corrected chi connectivity index (χ4v) is 2.99. The summed E-state index contributed by atoms with van der Waals surface area (Å²) in [4.78, 5) is -0.382. The molecule has 0 bridgehead atoms. The predicted octanol–water partition coefficient (Wildman–Crippen LogP) is 3.35. The third-order valence-electron chi connectivity index (χ3n) is 2.68. The second-order valence-corrected chi connectivity index (χ2v) is 5.92. The average molecular weight is 319 g/mol. The Bertz CT molecular complexity index is 783. The maximum atomic E-state index is 13.1. The number of aryl methyl sites for hydroxylation is 1.